The number of rotatable bonds is 4. The summed E-state index contributed by atoms with van der Waals surface area (Å²) in [5.41, 5.74) is 0.874. The van der Waals surface area contributed by atoms with Gasteiger partial charge in [-0.15, -0.1) is 11.3 Å². The van der Waals surface area contributed by atoms with Gasteiger partial charge in [-0.2, -0.15) is 0 Å². The van der Waals surface area contributed by atoms with E-state index in [-0.39, 0.29) is 11.8 Å². The molecule has 1 saturated heterocycles. The number of amides is 2. The first-order chi connectivity index (χ1) is 12.2. The Bertz CT molecular complexity index is 737. The summed E-state index contributed by atoms with van der Waals surface area (Å²) in [7, 11) is 1.57. The van der Waals surface area contributed by atoms with Crippen molar-refractivity contribution in [3.63, 3.8) is 0 Å². The second kappa shape index (κ2) is 8.09. The van der Waals surface area contributed by atoms with E-state index in [4.69, 9.17) is 4.74 Å². The smallest absolute Gasteiger partial charge is 0.273 e. The summed E-state index contributed by atoms with van der Waals surface area (Å²) in [5.74, 6) is 0.325. The number of nitrogens with zero attached hydrogens (tertiary/aromatic N) is 2. The van der Waals surface area contributed by atoms with Gasteiger partial charge in [0.1, 0.15) is 11.4 Å². The molecule has 1 aliphatic rings. The van der Waals surface area contributed by atoms with E-state index in [0.29, 0.717) is 28.7 Å². The normalized spacial score (nSPS) is 14.7. The summed E-state index contributed by atoms with van der Waals surface area (Å²) in [5, 5.41) is 8.09. The van der Waals surface area contributed by atoms with Gasteiger partial charge in [0.15, 0.2) is 5.13 Å². The van der Waals surface area contributed by atoms with Crippen LogP contribution in [0.15, 0.2) is 29.6 Å². The average molecular weight is 360 g/mol. The van der Waals surface area contributed by atoms with Gasteiger partial charge in [-0.3, -0.25) is 14.9 Å². The summed E-state index contributed by atoms with van der Waals surface area (Å²) < 4.78 is 5.07. The lowest BCUT2D eigenvalue weighted by atomic mass is 10.2. The zero-order chi connectivity index (χ0) is 17.6. The molecule has 0 radical (unpaired) electrons. The van der Waals surface area contributed by atoms with E-state index in [9.17, 15) is 9.59 Å². The van der Waals surface area contributed by atoms with Crippen LogP contribution in [0.1, 0.15) is 27.3 Å². The first-order valence-corrected chi connectivity index (χ1v) is 8.96. The van der Waals surface area contributed by atoms with E-state index < -0.39 is 0 Å². The molecule has 2 amide bonds. The number of methoxy groups -OCH3 is 1. The summed E-state index contributed by atoms with van der Waals surface area (Å²) in [6.45, 7) is 3.10. The van der Waals surface area contributed by atoms with E-state index in [1.165, 1.54) is 11.3 Å². The van der Waals surface area contributed by atoms with Crippen LogP contribution in [0.2, 0.25) is 0 Å². The van der Waals surface area contributed by atoms with Crippen LogP contribution in [0, 0.1) is 0 Å². The van der Waals surface area contributed by atoms with Crippen molar-refractivity contribution < 1.29 is 14.3 Å². The number of carbonyl (C=O) groups excluding carboxylic acids is 2. The van der Waals surface area contributed by atoms with Crippen molar-refractivity contribution in [2.45, 2.75) is 6.42 Å². The molecular weight excluding hydrogens is 340 g/mol. The Morgan fingerprint density at radius 1 is 1.24 bits per heavy atom. The van der Waals surface area contributed by atoms with E-state index in [1.807, 2.05) is 0 Å². The molecule has 7 nitrogen and oxygen atoms in total. The van der Waals surface area contributed by atoms with E-state index in [1.54, 1.807) is 41.7 Å². The second-order valence-corrected chi connectivity index (χ2v) is 6.47. The molecule has 0 atom stereocenters. The van der Waals surface area contributed by atoms with Gasteiger partial charge in [-0.25, -0.2) is 4.98 Å². The average Bonchev–Trinajstić information content (AvgIpc) is 2.93. The maximum absolute atomic E-state index is 12.5. The number of aromatic nitrogens is 1. The molecule has 1 aromatic carbocycles. The molecule has 2 N–H and O–H groups in total. The predicted molar refractivity (Wildman–Crippen MR) is 96.5 cm³/mol. The number of benzene rings is 1. The molecule has 0 unspecified atom stereocenters. The van der Waals surface area contributed by atoms with Crippen LogP contribution >= 0.6 is 11.3 Å². The van der Waals surface area contributed by atoms with Gasteiger partial charge in [0.2, 0.25) is 0 Å². The molecule has 0 saturated carbocycles. The zero-order valence-electron chi connectivity index (χ0n) is 13.9. The summed E-state index contributed by atoms with van der Waals surface area (Å²) in [6.07, 6.45) is 0.928. The van der Waals surface area contributed by atoms with E-state index >= 15 is 0 Å². The maximum Gasteiger partial charge on any atom is 0.273 e. The number of ether oxygens (including phenoxy) is 1. The number of hydrogen-bond donors (Lipinski definition) is 2. The number of thiazole rings is 1. The first-order valence-electron chi connectivity index (χ1n) is 8.08. The Labute approximate surface area is 150 Å². The molecule has 132 valence electrons. The van der Waals surface area contributed by atoms with Crippen LogP contribution in [0.4, 0.5) is 5.13 Å². The highest BCUT2D eigenvalue weighted by atomic mass is 32.1. The summed E-state index contributed by atoms with van der Waals surface area (Å²) in [6, 6.07) is 6.80. The van der Waals surface area contributed by atoms with Crippen LogP contribution < -0.4 is 15.4 Å². The minimum Gasteiger partial charge on any atom is -0.497 e. The monoisotopic (exact) mass is 360 g/mol. The Kier molecular flexibility index (Phi) is 5.62. The van der Waals surface area contributed by atoms with Crippen molar-refractivity contribution in [1.29, 1.82) is 0 Å². The number of nitrogens with one attached hydrogen (secondary N) is 2. The molecule has 2 aromatic rings. The van der Waals surface area contributed by atoms with Crippen molar-refractivity contribution in [2.75, 3.05) is 38.6 Å². The topological polar surface area (TPSA) is 83.6 Å². The Morgan fingerprint density at radius 3 is 2.80 bits per heavy atom. The van der Waals surface area contributed by atoms with Crippen molar-refractivity contribution in [1.82, 2.24) is 15.2 Å². The van der Waals surface area contributed by atoms with Gasteiger partial charge in [-0.1, -0.05) is 0 Å². The van der Waals surface area contributed by atoms with Crippen molar-refractivity contribution in [3.8, 4) is 5.75 Å². The molecule has 2 heterocycles. The fourth-order valence-corrected chi connectivity index (χ4v) is 3.23. The van der Waals surface area contributed by atoms with Gasteiger partial charge in [0.25, 0.3) is 11.8 Å². The predicted octanol–water partition coefficient (Wildman–Crippen LogP) is 1.84. The molecule has 25 heavy (non-hydrogen) atoms. The summed E-state index contributed by atoms with van der Waals surface area (Å²) in [4.78, 5) is 30.8. The van der Waals surface area contributed by atoms with Crippen LogP contribution in [0.25, 0.3) is 0 Å². The largest absolute Gasteiger partial charge is 0.497 e. The van der Waals surface area contributed by atoms with Gasteiger partial charge in [0.05, 0.1) is 7.11 Å². The molecule has 0 spiro atoms. The molecule has 0 aliphatic carbocycles. The quantitative estimate of drug-likeness (QED) is 0.869. The van der Waals surface area contributed by atoms with Gasteiger partial charge < -0.3 is 15.0 Å². The highest BCUT2D eigenvalue weighted by Crippen LogP contribution is 2.19. The number of anilines is 1. The lowest BCUT2D eigenvalue weighted by Gasteiger charge is -2.18. The number of carbonyl (C=O) groups is 2. The Hall–Kier alpha value is -2.45. The van der Waals surface area contributed by atoms with Gasteiger partial charge in [0, 0.05) is 30.6 Å². The molecule has 3 rings (SSSR count). The van der Waals surface area contributed by atoms with Crippen molar-refractivity contribution in [2.24, 2.45) is 0 Å². The third-order valence-electron chi connectivity index (χ3n) is 3.92. The molecule has 1 aromatic heterocycles. The van der Waals surface area contributed by atoms with Gasteiger partial charge >= 0.3 is 0 Å². The van der Waals surface area contributed by atoms with E-state index in [2.05, 4.69) is 15.6 Å². The zero-order valence-corrected chi connectivity index (χ0v) is 14.8. The minimum absolute atomic E-state index is 0.0927. The molecule has 8 heteroatoms. The van der Waals surface area contributed by atoms with Crippen LogP contribution in [-0.4, -0.2) is 55.0 Å². The SMILES string of the molecule is COc1ccc(C(=O)Nc2nc(C(=O)N3CCCNCC3)cs2)cc1. The number of hydrogen-bond acceptors (Lipinski definition) is 6. The Morgan fingerprint density at radius 2 is 2.04 bits per heavy atom. The fraction of sp³-hybridized carbons (Fsp3) is 0.353. The third kappa shape index (κ3) is 4.34. The first kappa shape index (κ1) is 17.4. The summed E-state index contributed by atoms with van der Waals surface area (Å²) >= 11 is 1.25. The Balaban J connectivity index is 1.64. The molecule has 0 bridgehead atoms. The van der Waals surface area contributed by atoms with Crippen molar-refractivity contribution in [3.05, 3.63) is 40.9 Å². The lowest BCUT2D eigenvalue weighted by molar-refractivity contribution is 0.0761. The van der Waals surface area contributed by atoms with Crippen LogP contribution in [0.3, 0.4) is 0 Å². The van der Waals surface area contributed by atoms with Crippen LogP contribution in [0.5, 0.6) is 5.75 Å². The fourth-order valence-electron chi connectivity index (χ4n) is 2.55. The third-order valence-corrected chi connectivity index (χ3v) is 4.68. The maximum atomic E-state index is 12.5. The van der Waals surface area contributed by atoms with Gasteiger partial charge in [-0.05, 0) is 37.2 Å². The molecular formula is C17H20N4O3S. The van der Waals surface area contributed by atoms with E-state index in [0.717, 1.165) is 26.1 Å². The molecule has 1 aliphatic heterocycles. The lowest BCUT2D eigenvalue weighted by Crippen LogP contribution is -2.34. The second-order valence-electron chi connectivity index (χ2n) is 5.62. The minimum atomic E-state index is -0.269. The highest BCUT2D eigenvalue weighted by molar-refractivity contribution is 7.14. The van der Waals surface area contributed by atoms with Crippen LogP contribution in [-0.2, 0) is 0 Å². The van der Waals surface area contributed by atoms with Crippen molar-refractivity contribution >= 4 is 28.3 Å². The molecule has 1 fully saturated rings. The standard InChI is InChI=1S/C17H20N4O3S/c1-24-13-5-3-12(4-6-13)15(22)20-17-19-14(11-25-17)16(23)21-9-2-7-18-8-10-21/h3-6,11,18H,2,7-10H2,1H3,(H,19,20,22). The highest BCUT2D eigenvalue weighted by Gasteiger charge is 2.20.